The lowest BCUT2D eigenvalue weighted by Gasteiger charge is -2.16. The number of imidazole rings is 1. The zero-order valence-electron chi connectivity index (χ0n) is 11.4. The van der Waals surface area contributed by atoms with Crippen LogP contribution in [0, 0.1) is 6.92 Å². The second-order valence-electron chi connectivity index (χ2n) is 4.85. The molecule has 2 aromatic rings. The minimum Gasteiger partial charge on any atom is -0.337 e. The van der Waals surface area contributed by atoms with Gasteiger partial charge in [0.25, 0.3) is 0 Å². The third kappa shape index (κ3) is 4.08. The summed E-state index contributed by atoms with van der Waals surface area (Å²) in [5.41, 5.74) is 2.41. The zero-order valence-corrected chi connectivity index (χ0v) is 12.2. The Bertz CT molecular complexity index is 508. The Morgan fingerprint density at radius 2 is 2.26 bits per heavy atom. The normalized spacial score (nSPS) is 12.6. The van der Waals surface area contributed by atoms with Crippen LogP contribution in [0.1, 0.15) is 30.5 Å². The summed E-state index contributed by atoms with van der Waals surface area (Å²) >= 11 is 6.23. The quantitative estimate of drug-likeness (QED) is 0.818. The average molecular weight is 278 g/mol. The van der Waals surface area contributed by atoms with Crippen LogP contribution < -0.4 is 5.32 Å². The van der Waals surface area contributed by atoms with Crippen LogP contribution in [0.25, 0.3) is 0 Å². The van der Waals surface area contributed by atoms with Gasteiger partial charge >= 0.3 is 0 Å². The number of aryl methyl sites for hydroxylation is 2. The van der Waals surface area contributed by atoms with Gasteiger partial charge in [-0.25, -0.2) is 4.98 Å². The van der Waals surface area contributed by atoms with Gasteiger partial charge in [0.15, 0.2) is 0 Å². The maximum Gasteiger partial charge on any atom is 0.0945 e. The van der Waals surface area contributed by atoms with E-state index in [1.165, 1.54) is 11.1 Å². The summed E-state index contributed by atoms with van der Waals surface area (Å²) < 4.78 is 2.09. The summed E-state index contributed by atoms with van der Waals surface area (Å²) in [5, 5.41) is 4.34. The molecule has 0 saturated carbocycles. The largest absolute Gasteiger partial charge is 0.337 e. The molecular weight excluding hydrogens is 258 g/mol. The molecule has 1 aromatic carbocycles. The molecule has 0 spiro atoms. The minimum absolute atomic E-state index is 0.273. The Balaban J connectivity index is 1.80. The van der Waals surface area contributed by atoms with Crippen LogP contribution in [0.2, 0.25) is 5.02 Å². The fourth-order valence-corrected chi connectivity index (χ4v) is 2.39. The van der Waals surface area contributed by atoms with E-state index >= 15 is 0 Å². The number of rotatable bonds is 6. The van der Waals surface area contributed by atoms with E-state index in [-0.39, 0.29) is 6.04 Å². The van der Waals surface area contributed by atoms with E-state index in [2.05, 4.69) is 34.8 Å². The van der Waals surface area contributed by atoms with Gasteiger partial charge in [0.05, 0.1) is 6.33 Å². The fraction of sp³-hybridized carbons (Fsp3) is 0.400. The highest BCUT2D eigenvalue weighted by atomic mass is 35.5. The molecule has 19 heavy (non-hydrogen) atoms. The van der Waals surface area contributed by atoms with Crippen molar-refractivity contribution in [1.29, 1.82) is 0 Å². The van der Waals surface area contributed by atoms with Crippen molar-refractivity contribution in [3.8, 4) is 0 Å². The van der Waals surface area contributed by atoms with Crippen molar-refractivity contribution < 1.29 is 0 Å². The molecule has 0 saturated heterocycles. The first-order valence-corrected chi connectivity index (χ1v) is 7.00. The molecule has 102 valence electrons. The van der Waals surface area contributed by atoms with Gasteiger partial charge in [0.1, 0.15) is 0 Å². The third-order valence-electron chi connectivity index (χ3n) is 3.22. The van der Waals surface area contributed by atoms with E-state index in [1.807, 2.05) is 30.9 Å². The average Bonchev–Trinajstić information content (AvgIpc) is 2.90. The van der Waals surface area contributed by atoms with Crippen LogP contribution >= 0.6 is 11.6 Å². The lowest BCUT2D eigenvalue weighted by molar-refractivity contribution is 0.526. The lowest BCUT2D eigenvalue weighted by atomic mass is 10.1. The van der Waals surface area contributed by atoms with Gasteiger partial charge < -0.3 is 9.88 Å². The molecule has 0 fully saturated rings. The summed E-state index contributed by atoms with van der Waals surface area (Å²) in [5.74, 6) is 0. The molecule has 1 N–H and O–H groups in total. The molecule has 0 amide bonds. The first-order chi connectivity index (χ1) is 9.16. The summed E-state index contributed by atoms with van der Waals surface area (Å²) in [7, 11) is 0. The minimum atomic E-state index is 0.273. The Labute approximate surface area is 119 Å². The van der Waals surface area contributed by atoms with Crippen LogP contribution in [0.15, 0.2) is 36.9 Å². The van der Waals surface area contributed by atoms with Gasteiger partial charge in [-0.3, -0.25) is 0 Å². The maximum atomic E-state index is 6.23. The molecule has 1 atom stereocenters. The van der Waals surface area contributed by atoms with Crippen molar-refractivity contribution in [3.05, 3.63) is 53.1 Å². The summed E-state index contributed by atoms with van der Waals surface area (Å²) in [6.07, 6.45) is 6.72. The van der Waals surface area contributed by atoms with E-state index in [1.54, 1.807) is 0 Å². The molecule has 0 aliphatic heterocycles. The second kappa shape index (κ2) is 6.73. The van der Waals surface area contributed by atoms with Crippen molar-refractivity contribution in [2.75, 3.05) is 6.54 Å². The number of hydrogen-bond donors (Lipinski definition) is 1. The second-order valence-corrected chi connectivity index (χ2v) is 5.26. The molecule has 2 rings (SSSR count). The van der Waals surface area contributed by atoms with Gasteiger partial charge in [-0.05, 0) is 38.4 Å². The number of hydrogen-bond acceptors (Lipinski definition) is 2. The van der Waals surface area contributed by atoms with Crippen molar-refractivity contribution >= 4 is 11.6 Å². The fourth-order valence-electron chi connectivity index (χ4n) is 2.10. The Kier molecular flexibility index (Phi) is 5.00. The molecule has 0 bridgehead atoms. The molecular formula is C15H20ClN3. The van der Waals surface area contributed by atoms with E-state index in [0.717, 1.165) is 24.5 Å². The SMILES string of the molecule is Cc1ccc(Cl)c(C(C)NCCCn2ccnc2)c1. The maximum absolute atomic E-state index is 6.23. The summed E-state index contributed by atoms with van der Waals surface area (Å²) in [6.45, 7) is 6.19. The Morgan fingerprint density at radius 3 is 3.00 bits per heavy atom. The summed E-state index contributed by atoms with van der Waals surface area (Å²) in [4.78, 5) is 4.03. The molecule has 4 heteroatoms. The predicted molar refractivity (Wildman–Crippen MR) is 79.5 cm³/mol. The highest BCUT2D eigenvalue weighted by Gasteiger charge is 2.08. The van der Waals surface area contributed by atoms with Crippen molar-refractivity contribution in [3.63, 3.8) is 0 Å². The molecule has 1 heterocycles. The van der Waals surface area contributed by atoms with E-state index in [9.17, 15) is 0 Å². The molecule has 0 aliphatic carbocycles. The zero-order chi connectivity index (χ0) is 13.7. The standard InChI is InChI=1S/C15H20ClN3/c1-12-4-5-15(16)14(10-12)13(2)18-6-3-8-19-9-7-17-11-19/h4-5,7,9-11,13,18H,3,6,8H2,1-2H3. The highest BCUT2D eigenvalue weighted by molar-refractivity contribution is 6.31. The number of nitrogens with one attached hydrogen (secondary N) is 1. The van der Waals surface area contributed by atoms with Crippen molar-refractivity contribution in [1.82, 2.24) is 14.9 Å². The Hall–Kier alpha value is -1.32. The molecule has 0 aliphatic rings. The molecule has 1 aromatic heterocycles. The first kappa shape index (κ1) is 14.1. The van der Waals surface area contributed by atoms with Crippen LogP contribution in [0.3, 0.4) is 0 Å². The lowest BCUT2D eigenvalue weighted by Crippen LogP contribution is -2.21. The predicted octanol–water partition coefficient (Wildman–Crippen LogP) is 3.59. The van der Waals surface area contributed by atoms with Gasteiger partial charge in [-0.1, -0.05) is 29.3 Å². The number of halogens is 1. The van der Waals surface area contributed by atoms with E-state index in [0.29, 0.717) is 0 Å². The van der Waals surface area contributed by atoms with Gasteiger partial charge in [0, 0.05) is 30.0 Å². The van der Waals surface area contributed by atoms with Crippen molar-refractivity contribution in [2.24, 2.45) is 0 Å². The number of aromatic nitrogens is 2. The van der Waals surface area contributed by atoms with E-state index < -0.39 is 0 Å². The molecule has 0 radical (unpaired) electrons. The van der Waals surface area contributed by atoms with Crippen LogP contribution in [0.5, 0.6) is 0 Å². The van der Waals surface area contributed by atoms with Crippen LogP contribution in [0.4, 0.5) is 0 Å². The molecule has 1 unspecified atom stereocenters. The van der Waals surface area contributed by atoms with Gasteiger partial charge in [-0.2, -0.15) is 0 Å². The summed E-state index contributed by atoms with van der Waals surface area (Å²) in [6, 6.07) is 6.43. The van der Waals surface area contributed by atoms with Crippen LogP contribution in [-0.4, -0.2) is 16.1 Å². The molecule has 3 nitrogen and oxygen atoms in total. The first-order valence-electron chi connectivity index (χ1n) is 6.62. The monoisotopic (exact) mass is 277 g/mol. The smallest absolute Gasteiger partial charge is 0.0945 e. The third-order valence-corrected chi connectivity index (χ3v) is 3.57. The topological polar surface area (TPSA) is 29.9 Å². The van der Waals surface area contributed by atoms with Crippen LogP contribution in [-0.2, 0) is 6.54 Å². The van der Waals surface area contributed by atoms with Gasteiger partial charge in [0.2, 0.25) is 0 Å². The van der Waals surface area contributed by atoms with Crippen molar-refractivity contribution in [2.45, 2.75) is 32.9 Å². The highest BCUT2D eigenvalue weighted by Crippen LogP contribution is 2.23. The number of benzene rings is 1. The van der Waals surface area contributed by atoms with Gasteiger partial charge in [-0.15, -0.1) is 0 Å². The Morgan fingerprint density at radius 1 is 1.42 bits per heavy atom. The number of nitrogens with zero attached hydrogens (tertiary/aromatic N) is 2. The van der Waals surface area contributed by atoms with E-state index in [4.69, 9.17) is 11.6 Å².